The Labute approximate surface area is 184 Å². The average Bonchev–Trinajstić information content (AvgIpc) is 3.34. The number of amides is 1. The molecule has 3 N–H and O–H groups in total. The van der Waals surface area contributed by atoms with Gasteiger partial charge in [0, 0.05) is 16.6 Å². The van der Waals surface area contributed by atoms with Crippen molar-refractivity contribution in [2.24, 2.45) is 5.92 Å². The summed E-state index contributed by atoms with van der Waals surface area (Å²) in [6.45, 7) is 0. The average molecular weight is 434 g/mol. The Morgan fingerprint density at radius 1 is 0.839 bits per heavy atom. The van der Waals surface area contributed by atoms with Crippen LogP contribution in [-0.4, -0.2) is 23.0 Å². The van der Waals surface area contributed by atoms with E-state index >= 15 is 0 Å². The predicted molar refractivity (Wildman–Crippen MR) is 118 cm³/mol. The fourth-order valence-electron chi connectivity index (χ4n) is 4.66. The van der Waals surface area contributed by atoms with Gasteiger partial charge in [0.25, 0.3) is 0 Å². The van der Waals surface area contributed by atoms with E-state index in [0.717, 1.165) is 11.1 Å². The lowest BCUT2D eigenvalue weighted by Gasteiger charge is -2.31. The zero-order chi connectivity index (χ0) is 21.5. The van der Waals surface area contributed by atoms with Crippen molar-refractivity contribution < 1.29 is 14.7 Å². The van der Waals surface area contributed by atoms with E-state index in [-0.39, 0.29) is 29.5 Å². The number of halogens is 1. The van der Waals surface area contributed by atoms with Crippen molar-refractivity contribution in [2.45, 2.75) is 18.1 Å². The second-order valence-electron chi connectivity index (χ2n) is 7.79. The van der Waals surface area contributed by atoms with Crippen LogP contribution < -0.4 is 15.8 Å². The highest BCUT2D eigenvalue weighted by Crippen LogP contribution is 2.48. The van der Waals surface area contributed by atoms with Crippen LogP contribution in [0.1, 0.15) is 33.6 Å². The first-order valence-electron chi connectivity index (χ1n) is 10.0. The highest BCUT2D eigenvalue weighted by atomic mass is 35.5. The first-order valence-corrected chi connectivity index (χ1v) is 10.4. The zero-order valence-corrected chi connectivity index (χ0v) is 17.2. The number of rotatable bonds is 4. The third-order valence-corrected chi connectivity index (χ3v) is 6.32. The molecule has 3 aromatic rings. The lowest BCUT2D eigenvalue weighted by Crippen LogP contribution is -2.41. The Balaban J connectivity index is 1.61. The van der Waals surface area contributed by atoms with Crippen LogP contribution in [0, 0.1) is 5.92 Å². The number of carbonyl (C=O) groups excluding carboxylic acids is 1. The SMILES string of the molecule is O=C(O)c1ccc(N2C(=O)C3NNC(c4ccccc4)C3C2c2ccc(Cl)cc2)cc1. The van der Waals surface area contributed by atoms with Crippen LogP contribution in [0.2, 0.25) is 5.02 Å². The number of carboxylic acid groups (broad SMARTS) is 1. The number of nitrogens with one attached hydrogen (secondary N) is 2. The Hall–Kier alpha value is -3.19. The van der Waals surface area contributed by atoms with Crippen molar-refractivity contribution in [3.63, 3.8) is 0 Å². The maximum atomic E-state index is 13.5. The molecule has 5 rings (SSSR count). The molecule has 0 saturated carbocycles. The van der Waals surface area contributed by atoms with Gasteiger partial charge in [0.05, 0.1) is 17.6 Å². The second-order valence-corrected chi connectivity index (χ2v) is 8.23. The van der Waals surface area contributed by atoms with Crippen molar-refractivity contribution in [1.82, 2.24) is 10.9 Å². The minimum atomic E-state index is -1.000. The molecule has 4 atom stereocenters. The lowest BCUT2D eigenvalue weighted by molar-refractivity contribution is -0.119. The summed E-state index contributed by atoms with van der Waals surface area (Å²) in [6, 6.07) is 23.3. The third kappa shape index (κ3) is 3.39. The first kappa shape index (κ1) is 19.8. The molecule has 0 spiro atoms. The van der Waals surface area contributed by atoms with Gasteiger partial charge in [-0.05, 0) is 47.5 Å². The molecule has 1 amide bonds. The molecule has 4 unspecified atom stereocenters. The molecule has 0 aliphatic carbocycles. The molecule has 6 nitrogen and oxygen atoms in total. The van der Waals surface area contributed by atoms with Gasteiger partial charge in [-0.1, -0.05) is 54.1 Å². The van der Waals surface area contributed by atoms with Gasteiger partial charge in [0.2, 0.25) is 5.91 Å². The summed E-state index contributed by atoms with van der Waals surface area (Å²) >= 11 is 6.12. The van der Waals surface area contributed by atoms with Gasteiger partial charge >= 0.3 is 5.97 Å². The molecule has 31 heavy (non-hydrogen) atoms. The maximum absolute atomic E-state index is 13.5. The van der Waals surface area contributed by atoms with Gasteiger partial charge in [-0.3, -0.25) is 4.79 Å². The summed E-state index contributed by atoms with van der Waals surface area (Å²) < 4.78 is 0. The molecule has 2 aliphatic heterocycles. The van der Waals surface area contributed by atoms with Crippen molar-refractivity contribution in [1.29, 1.82) is 0 Å². The van der Waals surface area contributed by atoms with E-state index in [2.05, 4.69) is 23.0 Å². The van der Waals surface area contributed by atoms with Crippen LogP contribution in [0.5, 0.6) is 0 Å². The van der Waals surface area contributed by atoms with E-state index in [1.807, 2.05) is 42.5 Å². The first-order chi connectivity index (χ1) is 15.0. The van der Waals surface area contributed by atoms with E-state index in [1.165, 1.54) is 12.1 Å². The summed E-state index contributed by atoms with van der Waals surface area (Å²) in [5.74, 6) is -1.13. The normalized spacial score (nSPS) is 24.9. The Bertz CT molecular complexity index is 1120. The molecule has 2 aliphatic rings. The molecule has 3 aromatic carbocycles. The Morgan fingerprint density at radius 3 is 2.13 bits per heavy atom. The standard InChI is InChI=1S/C24H20ClN3O3/c25-17-10-6-15(7-11-17)22-19-20(14-4-2-1-3-5-14)26-27-21(19)23(29)28(22)18-12-8-16(9-13-18)24(30)31/h1-13,19-22,26-27H,(H,30,31). The largest absolute Gasteiger partial charge is 0.478 e. The minimum absolute atomic E-state index is 0.0565. The highest BCUT2D eigenvalue weighted by molar-refractivity contribution is 6.30. The number of fused-ring (bicyclic) bond motifs is 1. The van der Waals surface area contributed by atoms with E-state index in [1.54, 1.807) is 17.0 Å². The van der Waals surface area contributed by atoms with E-state index < -0.39 is 12.0 Å². The monoisotopic (exact) mass is 433 g/mol. The number of benzene rings is 3. The van der Waals surface area contributed by atoms with Gasteiger partial charge in [-0.2, -0.15) is 0 Å². The van der Waals surface area contributed by atoms with E-state index in [4.69, 9.17) is 11.6 Å². The molecular weight excluding hydrogens is 414 g/mol. The Morgan fingerprint density at radius 2 is 1.48 bits per heavy atom. The third-order valence-electron chi connectivity index (χ3n) is 6.07. The topological polar surface area (TPSA) is 81.7 Å². The van der Waals surface area contributed by atoms with Crippen LogP contribution in [0.25, 0.3) is 0 Å². The molecule has 2 saturated heterocycles. The molecule has 7 heteroatoms. The van der Waals surface area contributed by atoms with Crippen LogP contribution in [0.15, 0.2) is 78.9 Å². The molecule has 2 heterocycles. The number of carboxylic acids is 1. The van der Waals surface area contributed by atoms with E-state index in [0.29, 0.717) is 10.7 Å². The fourth-order valence-corrected chi connectivity index (χ4v) is 4.79. The van der Waals surface area contributed by atoms with Crippen molar-refractivity contribution in [3.8, 4) is 0 Å². The van der Waals surface area contributed by atoms with Crippen LogP contribution in [-0.2, 0) is 4.79 Å². The van der Waals surface area contributed by atoms with Crippen LogP contribution >= 0.6 is 11.6 Å². The van der Waals surface area contributed by atoms with Gasteiger partial charge in [0.1, 0.15) is 6.04 Å². The van der Waals surface area contributed by atoms with Gasteiger partial charge in [-0.25, -0.2) is 15.6 Å². The molecule has 0 bridgehead atoms. The summed E-state index contributed by atoms with van der Waals surface area (Å²) in [5.41, 5.74) is 9.42. The fraction of sp³-hybridized carbons (Fsp3) is 0.167. The number of hydrogen-bond donors (Lipinski definition) is 3. The number of hydrogen-bond acceptors (Lipinski definition) is 4. The minimum Gasteiger partial charge on any atom is -0.478 e. The molecule has 2 fully saturated rings. The smallest absolute Gasteiger partial charge is 0.335 e. The Kier molecular flexibility index (Phi) is 4.98. The maximum Gasteiger partial charge on any atom is 0.335 e. The predicted octanol–water partition coefficient (Wildman–Crippen LogP) is 3.96. The van der Waals surface area contributed by atoms with Crippen LogP contribution in [0.4, 0.5) is 5.69 Å². The van der Waals surface area contributed by atoms with Crippen LogP contribution in [0.3, 0.4) is 0 Å². The van der Waals surface area contributed by atoms with Gasteiger partial charge in [-0.15, -0.1) is 0 Å². The summed E-state index contributed by atoms with van der Waals surface area (Å²) in [4.78, 5) is 26.6. The molecule has 0 radical (unpaired) electrons. The quantitative estimate of drug-likeness (QED) is 0.580. The number of carbonyl (C=O) groups is 2. The van der Waals surface area contributed by atoms with E-state index in [9.17, 15) is 14.7 Å². The van der Waals surface area contributed by atoms with Gasteiger partial charge in [0.15, 0.2) is 0 Å². The highest BCUT2D eigenvalue weighted by Gasteiger charge is 2.55. The second kappa shape index (κ2) is 7.81. The van der Waals surface area contributed by atoms with Crippen molar-refractivity contribution in [2.75, 3.05) is 4.90 Å². The number of nitrogens with zero attached hydrogens (tertiary/aromatic N) is 1. The molecular formula is C24H20ClN3O3. The number of anilines is 1. The lowest BCUT2D eigenvalue weighted by atomic mass is 9.83. The van der Waals surface area contributed by atoms with Gasteiger partial charge < -0.3 is 10.0 Å². The molecule has 0 aromatic heterocycles. The number of aromatic carboxylic acids is 1. The number of hydrazine groups is 1. The summed E-state index contributed by atoms with van der Waals surface area (Å²) in [7, 11) is 0. The summed E-state index contributed by atoms with van der Waals surface area (Å²) in [6.07, 6.45) is 0. The summed E-state index contributed by atoms with van der Waals surface area (Å²) in [5, 5.41) is 9.86. The van der Waals surface area contributed by atoms with Crippen molar-refractivity contribution >= 4 is 29.2 Å². The molecule has 156 valence electrons. The van der Waals surface area contributed by atoms with Crippen molar-refractivity contribution in [3.05, 3.63) is 101 Å². The zero-order valence-electron chi connectivity index (χ0n) is 16.4.